The number of benzene rings is 3. The summed E-state index contributed by atoms with van der Waals surface area (Å²) in [7, 11) is 0. The van der Waals surface area contributed by atoms with Crippen LogP contribution in [0.15, 0.2) is 72.8 Å². The molecule has 5 nitrogen and oxygen atoms in total. The number of esters is 1. The second kappa shape index (κ2) is 7.40. The van der Waals surface area contributed by atoms with Crippen LogP contribution in [0.1, 0.15) is 11.1 Å². The van der Waals surface area contributed by atoms with Gasteiger partial charge in [-0.05, 0) is 28.5 Å². The third-order valence-electron chi connectivity index (χ3n) is 3.78. The third-order valence-corrected chi connectivity index (χ3v) is 3.78. The van der Waals surface area contributed by atoms with Gasteiger partial charge in [0, 0.05) is 12.1 Å². The highest BCUT2D eigenvalue weighted by Crippen LogP contribution is 2.20. The van der Waals surface area contributed by atoms with Crippen molar-refractivity contribution in [3.63, 3.8) is 0 Å². The molecule has 3 rings (SSSR count). The first-order valence-electron chi connectivity index (χ1n) is 7.70. The summed E-state index contributed by atoms with van der Waals surface area (Å²) < 4.78 is 5.26. The average Bonchev–Trinajstić information content (AvgIpc) is 2.64. The fourth-order valence-corrected chi connectivity index (χ4v) is 2.57. The largest absolute Gasteiger partial charge is 0.458 e. The second-order valence-electron chi connectivity index (χ2n) is 5.40. The molecule has 0 N–H and O–H groups in total. The van der Waals surface area contributed by atoms with Gasteiger partial charge in [-0.15, -0.1) is 0 Å². The zero-order chi connectivity index (χ0) is 17.6. The molecule has 3 aromatic carbocycles. The van der Waals surface area contributed by atoms with E-state index in [2.05, 4.69) is 0 Å². The minimum absolute atomic E-state index is 0.0550. The summed E-state index contributed by atoms with van der Waals surface area (Å²) in [5.74, 6) is -0.550. The molecule has 124 valence electrons. The van der Waals surface area contributed by atoms with Gasteiger partial charge in [0.1, 0.15) is 6.61 Å². The lowest BCUT2D eigenvalue weighted by atomic mass is 10.1. The summed E-state index contributed by atoms with van der Waals surface area (Å²) in [5.41, 5.74) is 1.21. The number of hydrogen-bond acceptors (Lipinski definition) is 4. The van der Waals surface area contributed by atoms with Crippen molar-refractivity contribution in [3.8, 4) is 0 Å². The summed E-state index contributed by atoms with van der Waals surface area (Å²) in [4.78, 5) is 22.4. The Morgan fingerprint density at radius 3 is 2.56 bits per heavy atom. The van der Waals surface area contributed by atoms with Gasteiger partial charge in [0.25, 0.3) is 5.69 Å². The maximum Gasteiger partial charge on any atom is 0.331 e. The molecular weight excluding hydrogens is 318 g/mol. The van der Waals surface area contributed by atoms with Crippen LogP contribution in [0.3, 0.4) is 0 Å². The van der Waals surface area contributed by atoms with Crippen molar-refractivity contribution in [2.75, 3.05) is 0 Å². The summed E-state index contributed by atoms with van der Waals surface area (Å²) >= 11 is 0. The minimum Gasteiger partial charge on any atom is -0.458 e. The maximum absolute atomic E-state index is 11.9. The Bertz CT molecular complexity index is 957. The Balaban J connectivity index is 1.70. The quantitative estimate of drug-likeness (QED) is 0.298. The zero-order valence-corrected chi connectivity index (χ0v) is 13.3. The monoisotopic (exact) mass is 333 g/mol. The number of nitrogens with zero attached hydrogens (tertiary/aromatic N) is 1. The normalized spacial score (nSPS) is 10.9. The first kappa shape index (κ1) is 16.4. The van der Waals surface area contributed by atoms with Crippen LogP contribution >= 0.6 is 0 Å². The van der Waals surface area contributed by atoms with Crippen molar-refractivity contribution in [3.05, 3.63) is 94.0 Å². The molecule has 0 fully saturated rings. The SMILES string of the molecule is O=C(/C=C/c1ccccc1[N+](=O)[O-])OCc1cccc2ccccc12. The van der Waals surface area contributed by atoms with E-state index < -0.39 is 10.9 Å². The van der Waals surface area contributed by atoms with E-state index in [1.54, 1.807) is 18.2 Å². The van der Waals surface area contributed by atoms with Crippen LogP contribution < -0.4 is 0 Å². The van der Waals surface area contributed by atoms with Gasteiger partial charge in [0.05, 0.1) is 10.5 Å². The number of hydrogen-bond donors (Lipinski definition) is 0. The molecule has 0 aromatic heterocycles. The molecule has 0 aliphatic heterocycles. The molecule has 0 atom stereocenters. The molecule has 0 bridgehead atoms. The van der Waals surface area contributed by atoms with Crippen molar-refractivity contribution < 1.29 is 14.5 Å². The Kier molecular flexibility index (Phi) is 4.85. The van der Waals surface area contributed by atoms with Gasteiger partial charge in [-0.2, -0.15) is 0 Å². The standard InChI is InChI=1S/C20H15NO4/c22-20(13-12-16-7-2-4-11-19(16)21(23)24)25-14-17-9-5-8-15-6-1-3-10-18(15)17/h1-13H,14H2/b13-12+. The number of nitro benzene ring substituents is 1. The van der Waals surface area contributed by atoms with Crippen molar-refractivity contribution >= 4 is 28.5 Å². The molecule has 3 aromatic rings. The van der Waals surface area contributed by atoms with E-state index in [0.717, 1.165) is 16.3 Å². The summed E-state index contributed by atoms with van der Waals surface area (Å²) in [6.07, 6.45) is 2.59. The summed E-state index contributed by atoms with van der Waals surface area (Å²) in [6.45, 7) is 0.140. The van der Waals surface area contributed by atoms with Crippen LogP contribution in [0.2, 0.25) is 0 Å². The van der Waals surface area contributed by atoms with E-state index in [9.17, 15) is 14.9 Å². The predicted octanol–water partition coefficient (Wildman–Crippen LogP) is 4.50. The van der Waals surface area contributed by atoms with Gasteiger partial charge < -0.3 is 4.74 Å². The van der Waals surface area contributed by atoms with Crippen LogP contribution in [0.5, 0.6) is 0 Å². The number of para-hydroxylation sites is 1. The van der Waals surface area contributed by atoms with Gasteiger partial charge in [0.15, 0.2) is 0 Å². The third kappa shape index (κ3) is 3.90. The van der Waals surface area contributed by atoms with Crippen molar-refractivity contribution in [1.82, 2.24) is 0 Å². The van der Waals surface area contributed by atoms with E-state index in [0.29, 0.717) is 5.56 Å². The van der Waals surface area contributed by atoms with Crippen molar-refractivity contribution in [2.45, 2.75) is 6.61 Å². The molecule has 0 unspecified atom stereocenters. The lowest BCUT2D eigenvalue weighted by Crippen LogP contribution is -2.01. The van der Waals surface area contributed by atoms with Crippen LogP contribution in [0.25, 0.3) is 16.8 Å². The molecule has 5 heteroatoms. The average molecular weight is 333 g/mol. The highest BCUT2D eigenvalue weighted by atomic mass is 16.6. The lowest BCUT2D eigenvalue weighted by molar-refractivity contribution is -0.385. The van der Waals surface area contributed by atoms with E-state index in [-0.39, 0.29) is 12.3 Å². The minimum atomic E-state index is -0.550. The van der Waals surface area contributed by atoms with E-state index in [1.807, 2.05) is 42.5 Å². The molecule has 25 heavy (non-hydrogen) atoms. The molecule has 0 radical (unpaired) electrons. The zero-order valence-electron chi connectivity index (χ0n) is 13.3. The van der Waals surface area contributed by atoms with Gasteiger partial charge in [0.2, 0.25) is 0 Å². The number of carbonyl (C=O) groups is 1. The van der Waals surface area contributed by atoms with E-state index in [4.69, 9.17) is 4.74 Å². The number of carbonyl (C=O) groups excluding carboxylic acids is 1. The molecule has 0 amide bonds. The molecule has 0 aliphatic carbocycles. The molecule has 0 saturated carbocycles. The second-order valence-corrected chi connectivity index (χ2v) is 5.40. The Hall–Kier alpha value is -3.47. The highest BCUT2D eigenvalue weighted by Gasteiger charge is 2.10. The molecule has 0 aliphatic rings. The summed E-state index contributed by atoms with van der Waals surface area (Å²) in [6, 6.07) is 19.9. The first-order valence-corrected chi connectivity index (χ1v) is 7.70. The Morgan fingerprint density at radius 2 is 1.72 bits per heavy atom. The van der Waals surface area contributed by atoms with Gasteiger partial charge in [-0.3, -0.25) is 10.1 Å². The lowest BCUT2D eigenvalue weighted by Gasteiger charge is -2.06. The van der Waals surface area contributed by atoms with E-state index >= 15 is 0 Å². The summed E-state index contributed by atoms with van der Waals surface area (Å²) in [5, 5.41) is 13.1. The van der Waals surface area contributed by atoms with Crippen LogP contribution in [-0.4, -0.2) is 10.9 Å². The molecule has 0 heterocycles. The Morgan fingerprint density at radius 1 is 1.00 bits per heavy atom. The highest BCUT2D eigenvalue weighted by molar-refractivity contribution is 5.89. The molecule has 0 saturated heterocycles. The fourth-order valence-electron chi connectivity index (χ4n) is 2.57. The van der Waals surface area contributed by atoms with Gasteiger partial charge >= 0.3 is 5.97 Å². The topological polar surface area (TPSA) is 69.4 Å². The van der Waals surface area contributed by atoms with Gasteiger partial charge in [-0.25, -0.2) is 4.79 Å². The number of fused-ring (bicyclic) bond motifs is 1. The van der Waals surface area contributed by atoms with Crippen LogP contribution in [-0.2, 0) is 16.1 Å². The van der Waals surface area contributed by atoms with Crippen LogP contribution in [0.4, 0.5) is 5.69 Å². The van der Waals surface area contributed by atoms with Gasteiger partial charge in [-0.1, -0.05) is 54.6 Å². The maximum atomic E-state index is 11.9. The molecular formula is C20H15NO4. The van der Waals surface area contributed by atoms with Crippen molar-refractivity contribution in [2.24, 2.45) is 0 Å². The Labute approximate surface area is 144 Å². The molecule has 0 spiro atoms. The number of ether oxygens (including phenoxy) is 1. The van der Waals surface area contributed by atoms with Crippen LogP contribution in [0, 0.1) is 10.1 Å². The first-order chi connectivity index (χ1) is 12.1. The number of nitro groups is 1. The van der Waals surface area contributed by atoms with E-state index in [1.165, 1.54) is 18.2 Å². The number of rotatable bonds is 5. The fraction of sp³-hybridized carbons (Fsp3) is 0.0500. The predicted molar refractivity (Wildman–Crippen MR) is 95.9 cm³/mol. The van der Waals surface area contributed by atoms with Crippen molar-refractivity contribution in [1.29, 1.82) is 0 Å². The smallest absolute Gasteiger partial charge is 0.331 e.